The zero-order chi connectivity index (χ0) is 17.4. The molecular formula is C8H8B12O2. The van der Waals surface area contributed by atoms with Gasteiger partial charge in [0.25, 0.3) is 0 Å². The van der Waals surface area contributed by atoms with Gasteiger partial charge < -0.3 is 5.11 Å². The van der Waals surface area contributed by atoms with Gasteiger partial charge in [0, 0.05) is 86.1 Å². The minimum Gasteiger partial charge on any atom is -0.478 e. The van der Waals surface area contributed by atoms with Crippen LogP contribution < -0.4 is 0 Å². The number of benzene rings is 1. The van der Waals surface area contributed by atoms with Gasteiger partial charge in [-0.1, -0.05) is 17.7 Å². The predicted molar refractivity (Wildman–Crippen MR) is 107 cm³/mol. The average molecular weight is 266 g/mol. The van der Waals surface area contributed by atoms with Crippen LogP contribution in [0, 0.1) is 6.92 Å². The first kappa shape index (κ1) is 21.5. The molecule has 0 saturated heterocycles. The van der Waals surface area contributed by atoms with Gasteiger partial charge in [0.05, 0.1) is 5.56 Å². The number of aryl methyl sites for hydroxylation is 1. The Morgan fingerprint density at radius 1 is 0.864 bits per heavy atom. The van der Waals surface area contributed by atoms with Crippen LogP contribution >= 0.6 is 0 Å². The Morgan fingerprint density at radius 3 is 1.50 bits per heavy atom. The fraction of sp³-hybridized carbons (Fsp3) is 0.125. The van der Waals surface area contributed by atoms with Gasteiger partial charge in [0.2, 0.25) is 0 Å². The summed E-state index contributed by atoms with van der Waals surface area (Å²) in [4.78, 5) is 10.3. The average Bonchev–Trinajstić information content (AvgIpc) is 2.38. The lowest BCUT2D eigenvalue weighted by molar-refractivity contribution is 0.0697. The maximum absolute atomic E-state index is 10.3. The highest BCUT2D eigenvalue weighted by Gasteiger charge is 2.29. The maximum atomic E-state index is 10.3. The molecule has 0 saturated carbocycles. The van der Waals surface area contributed by atoms with E-state index in [0.717, 1.165) is 5.56 Å². The Bertz CT molecular complexity index is 441. The van der Waals surface area contributed by atoms with E-state index in [2.05, 4.69) is 0 Å². The monoisotopic (exact) mass is 268 g/mol. The highest BCUT2D eigenvalue weighted by atomic mass is 16.4. The molecule has 1 N–H and O–H groups in total. The van der Waals surface area contributed by atoms with Crippen LogP contribution in [0.15, 0.2) is 24.3 Å². The Labute approximate surface area is 144 Å². The largest absolute Gasteiger partial charge is 0.478 e. The molecule has 2 nitrogen and oxygen atoms in total. The number of carboxylic acids is 1. The van der Waals surface area contributed by atoms with Crippen molar-refractivity contribution < 1.29 is 9.90 Å². The van der Waals surface area contributed by atoms with Crippen LogP contribution in [0.4, 0.5) is 0 Å². The van der Waals surface area contributed by atoms with Gasteiger partial charge in [0.15, 0.2) is 0 Å². The fourth-order valence-electron chi connectivity index (χ4n) is 1.72. The first-order chi connectivity index (χ1) is 10.1. The van der Waals surface area contributed by atoms with Gasteiger partial charge in [-0.15, -0.1) is 0 Å². The van der Waals surface area contributed by atoms with Crippen LogP contribution in [0.2, 0.25) is 0 Å². The lowest BCUT2D eigenvalue weighted by atomic mass is 8.53. The molecule has 0 bridgehead atoms. The van der Waals surface area contributed by atoms with Crippen molar-refractivity contribution in [1.29, 1.82) is 0 Å². The standard InChI is InChI=1S/C8H8O2.B12/c1-6-2-4-7(5-3-6)8(9)10;1-8(2)11(7)12(9(3)4)10(5)6/h2-5H,1H3,(H,9,10);. The first-order valence-corrected chi connectivity index (χ1v) is 6.67. The van der Waals surface area contributed by atoms with E-state index in [9.17, 15) is 4.79 Å². The summed E-state index contributed by atoms with van der Waals surface area (Å²) in [6.07, 6.45) is -3.22. The predicted octanol–water partition coefficient (Wildman–Crippen LogP) is -2.88. The second kappa shape index (κ2) is 10.3. The molecular weight excluding hydrogens is 258 g/mol. The van der Waals surface area contributed by atoms with Crippen LogP contribution in [0.5, 0.6) is 0 Å². The molecule has 1 aromatic carbocycles. The molecule has 22 heavy (non-hydrogen) atoms. The second-order valence-electron chi connectivity index (χ2n) is 5.06. The van der Waals surface area contributed by atoms with Crippen molar-refractivity contribution in [1.82, 2.24) is 0 Å². The Kier molecular flexibility index (Phi) is 10.0. The summed E-state index contributed by atoms with van der Waals surface area (Å²) in [5.74, 6) is -0.875. The molecule has 0 aliphatic rings. The first-order valence-electron chi connectivity index (χ1n) is 6.67. The number of rotatable bonds is 5. The van der Waals surface area contributed by atoms with Crippen LogP contribution in [0.1, 0.15) is 15.9 Å². The number of carboxylic acid groups (broad SMARTS) is 1. The number of hydrogen-bond acceptors (Lipinski definition) is 1. The topological polar surface area (TPSA) is 37.3 Å². The van der Waals surface area contributed by atoms with Gasteiger partial charge in [-0.2, -0.15) is 0 Å². The van der Waals surface area contributed by atoms with E-state index in [0.29, 0.717) is 5.56 Å². The zero-order valence-corrected chi connectivity index (χ0v) is 12.6. The normalized spacial score (nSPS) is 8.95. The van der Waals surface area contributed by atoms with Crippen molar-refractivity contribution >= 4 is 92.1 Å². The van der Waals surface area contributed by atoms with Crippen molar-refractivity contribution in [2.45, 2.75) is 6.92 Å². The number of carbonyl (C=O) groups is 1. The van der Waals surface area contributed by atoms with Crippen molar-refractivity contribution in [2.24, 2.45) is 0 Å². The second-order valence-corrected chi connectivity index (χ2v) is 5.06. The van der Waals surface area contributed by atoms with Gasteiger partial charge >= 0.3 is 5.97 Å². The van der Waals surface area contributed by atoms with E-state index < -0.39 is 37.9 Å². The lowest BCUT2D eigenvalue weighted by Crippen LogP contribution is -2.67. The van der Waals surface area contributed by atoms with Crippen LogP contribution in [0.25, 0.3) is 0 Å². The molecule has 1 aromatic rings. The summed E-state index contributed by atoms with van der Waals surface area (Å²) in [5.41, 5.74) is 1.41. The van der Waals surface area contributed by atoms with Crippen LogP contribution in [0.3, 0.4) is 0 Å². The molecule has 0 spiro atoms. The van der Waals surface area contributed by atoms with E-state index >= 15 is 0 Å². The molecule has 0 unspecified atom stereocenters. The molecule has 14 heteroatoms. The van der Waals surface area contributed by atoms with E-state index in [-0.39, 0.29) is 0 Å². The van der Waals surface area contributed by atoms with E-state index in [1.54, 1.807) is 24.3 Å². The summed E-state index contributed by atoms with van der Waals surface area (Å²) < 4.78 is 0. The van der Waals surface area contributed by atoms with Crippen LogP contribution in [-0.4, -0.2) is 97.2 Å². The zero-order valence-electron chi connectivity index (χ0n) is 12.6. The third-order valence-electron chi connectivity index (χ3n) is 3.08. The van der Waals surface area contributed by atoms with E-state index in [1.165, 1.54) is 0 Å². The molecule has 88 valence electrons. The van der Waals surface area contributed by atoms with Crippen molar-refractivity contribution in [3.05, 3.63) is 35.4 Å². The molecule has 0 atom stereocenters. The lowest BCUT2D eigenvalue weighted by Gasteiger charge is -2.29. The Balaban J connectivity index is 0.000000406. The fourth-order valence-corrected chi connectivity index (χ4v) is 1.72. The summed E-state index contributed by atoms with van der Waals surface area (Å²) in [6, 6.07) is 6.75. The van der Waals surface area contributed by atoms with Crippen LogP contribution in [-0.2, 0) is 0 Å². The molecule has 0 amide bonds. The van der Waals surface area contributed by atoms with Gasteiger partial charge in [0.1, 0.15) is 0 Å². The summed E-state index contributed by atoms with van der Waals surface area (Å²) in [6.45, 7) is 1.92. The summed E-state index contributed by atoms with van der Waals surface area (Å²) >= 11 is 0. The molecule has 0 aliphatic heterocycles. The van der Waals surface area contributed by atoms with Crippen molar-refractivity contribution in [3.63, 3.8) is 0 Å². The number of aromatic carboxylic acids is 1. The Hall–Kier alpha value is -0.531. The van der Waals surface area contributed by atoms with E-state index in [4.69, 9.17) is 59.3 Å². The quantitative estimate of drug-likeness (QED) is 0.581. The third-order valence-corrected chi connectivity index (χ3v) is 3.08. The molecule has 14 radical (unpaired) electrons. The van der Waals surface area contributed by atoms with Crippen molar-refractivity contribution in [2.75, 3.05) is 0 Å². The molecule has 0 aliphatic carbocycles. The highest BCUT2D eigenvalue weighted by Crippen LogP contribution is 2.01. The smallest absolute Gasteiger partial charge is 0.335 e. The number of hydrogen-bond donors (Lipinski definition) is 1. The van der Waals surface area contributed by atoms with Crippen molar-refractivity contribution in [3.8, 4) is 0 Å². The van der Waals surface area contributed by atoms with Gasteiger partial charge in [-0.05, 0) is 19.1 Å². The van der Waals surface area contributed by atoms with E-state index in [1.807, 2.05) is 6.92 Å². The van der Waals surface area contributed by atoms with Gasteiger partial charge in [-0.3, -0.25) is 0 Å². The Morgan fingerprint density at radius 2 is 1.27 bits per heavy atom. The third kappa shape index (κ3) is 7.65. The highest BCUT2D eigenvalue weighted by molar-refractivity contribution is 8.05. The molecule has 0 aromatic heterocycles. The minimum atomic E-state index is -0.875. The molecule has 0 fully saturated rings. The SMILES string of the molecule is Cc1ccc(C(=O)O)cc1.[B]B([B])B([B])B(B([B])[B])B([B])[B]. The summed E-state index contributed by atoms with van der Waals surface area (Å²) in [5, 5.41) is 8.48. The molecule has 0 heterocycles. The summed E-state index contributed by atoms with van der Waals surface area (Å²) in [7, 11) is 37.9. The minimum absolute atomic E-state index is 0.339. The van der Waals surface area contributed by atoms with Gasteiger partial charge in [-0.25, -0.2) is 4.79 Å². The molecule has 1 rings (SSSR count). The maximum Gasteiger partial charge on any atom is 0.335 e.